The highest BCUT2D eigenvalue weighted by Gasteiger charge is 2.11. The maximum atomic E-state index is 9.46. The number of aliphatic hydroxyl groups is 1. The number of hydrogen-bond acceptors (Lipinski definition) is 3. The molecule has 0 amide bonds. The van der Waals surface area contributed by atoms with Crippen molar-refractivity contribution < 1.29 is 9.84 Å². The Hall–Kier alpha value is -1.36. The standard InChI is InChI=1S/C15H20N2O2/c18-12-14-3-1-2-13-4-5-17(15(13)14)7-6-16-8-10-19-11-9-16/h1-5,18H,6-12H2. The first kappa shape index (κ1) is 12.7. The zero-order chi connectivity index (χ0) is 13.1. The second kappa shape index (κ2) is 5.74. The van der Waals surface area contributed by atoms with Crippen molar-refractivity contribution in [2.24, 2.45) is 0 Å². The Bertz CT molecular complexity index is 544. The molecule has 4 heteroatoms. The van der Waals surface area contributed by atoms with Gasteiger partial charge in [0.25, 0.3) is 0 Å². The van der Waals surface area contributed by atoms with Gasteiger partial charge in [-0.1, -0.05) is 18.2 Å². The van der Waals surface area contributed by atoms with Gasteiger partial charge in [0.05, 0.1) is 25.3 Å². The van der Waals surface area contributed by atoms with Gasteiger partial charge >= 0.3 is 0 Å². The molecule has 0 unspecified atom stereocenters. The molecule has 4 nitrogen and oxygen atoms in total. The predicted molar refractivity (Wildman–Crippen MR) is 75.1 cm³/mol. The number of para-hydroxylation sites is 1. The third-order valence-corrected chi connectivity index (χ3v) is 3.80. The first-order chi connectivity index (χ1) is 9.38. The molecule has 1 aliphatic rings. The van der Waals surface area contributed by atoms with Gasteiger partial charge in [0.1, 0.15) is 0 Å². The number of fused-ring (bicyclic) bond motifs is 1. The van der Waals surface area contributed by atoms with Gasteiger partial charge in [-0.3, -0.25) is 4.90 Å². The number of morpholine rings is 1. The van der Waals surface area contributed by atoms with Crippen LogP contribution in [0.2, 0.25) is 0 Å². The highest BCUT2D eigenvalue weighted by molar-refractivity contribution is 5.83. The molecular weight excluding hydrogens is 240 g/mol. The van der Waals surface area contributed by atoms with Gasteiger partial charge in [0, 0.05) is 37.9 Å². The molecule has 2 aromatic rings. The van der Waals surface area contributed by atoms with Crippen molar-refractivity contribution in [2.45, 2.75) is 13.2 Å². The van der Waals surface area contributed by atoms with Crippen molar-refractivity contribution in [2.75, 3.05) is 32.8 Å². The van der Waals surface area contributed by atoms with Crippen molar-refractivity contribution in [3.8, 4) is 0 Å². The Morgan fingerprint density at radius 3 is 2.74 bits per heavy atom. The molecular formula is C15H20N2O2. The molecule has 2 heterocycles. The van der Waals surface area contributed by atoms with Crippen LogP contribution in [-0.2, 0) is 17.9 Å². The summed E-state index contributed by atoms with van der Waals surface area (Å²) >= 11 is 0. The molecule has 1 saturated heterocycles. The van der Waals surface area contributed by atoms with Crippen LogP contribution in [0.1, 0.15) is 5.56 Å². The number of aliphatic hydroxyl groups excluding tert-OH is 1. The van der Waals surface area contributed by atoms with E-state index in [9.17, 15) is 5.11 Å². The fraction of sp³-hybridized carbons (Fsp3) is 0.467. The van der Waals surface area contributed by atoms with E-state index in [-0.39, 0.29) is 6.61 Å². The van der Waals surface area contributed by atoms with Crippen LogP contribution >= 0.6 is 0 Å². The van der Waals surface area contributed by atoms with Crippen molar-refractivity contribution >= 4 is 10.9 Å². The molecule has 1 aromatic carbocycles. The maximum Gasteiger partial charge on any atom is 0.0702 e. The van der Waals surface area contributed by atoms with Crippen LogP contribution in [0.3, 0.4) is 0 Å². The van der Waals surface area contributed by atoms with Crippen molar-refractivity contribution in [3.63, 3.8) is 0 Å². The van der Waals surface area contributed by atoms with Gasteiger partial charge in [0.2, 0.25) is 0 Å². The number of nitrogens with zero attached hydrogens (tertiary/aromatic N) is 2. The average Bonchev–Trinajstić information content (AvgIpc) is 2.89. The molecule has 0 radical (unpaired) electrons. The van der Waals surface area contributed by atoms with E-state index in [4.69, 9.17) is 4.74 Å². The van der Waals surface area contributed by atoms with Crippen LogP contribution in [0.4, 0.5) is 0 Å². The number of ether oxygens (including phenoxy) is 1. The zero-order valence-electron chi connectivity index (χ0n) is 11.1. The molecule has 102 valence electrons. The topological polar surface area (TPSA) is 37.6 Å². The number of rotatable bonds is 4. The minimum Gasteiger partial charge on any atom is -0.392 e. The Balaban J connectivity index is 1.77. The summed E-state index contributed by atoms with van der Waals surface area (Å²) in [6, 6.07) is 8.21. The molecule has 0 aliphatic carbocycles. The number of aromatic nitrogens is 1. The van der Waals surface area contributed by atoms with Gasteiger partial charge in [0.15, 0.2) is 0 Å². The third kappa shape index (κ3) is 2.66. The second-order valence-electron chi connectivity index (χ2n) is 4.98. The summed E-state index contributed by atoms with van der Waals surface area (Å²) in [5.41, 5.74) is 2.17. The smallest absolute Gasteiger partial charge is 0.0702 e. The lowest BCUT2D eigenvalue weighted by Gasteiger charge is -2.26. The molecule has 0 bridgehead atoms. The van der Waals surface area contributed by atoms with E-state index in [0.717, 1.165) is 45.0 Å². The first-order valence-corrected chi connectivity index (χ1v) is 6.86. The summed E-state index contributed by atoms with van der Waals surface area (Å²) in [7, 11) is 0. The fourth-order valence-electron chi connectivity index (χ4n) is 2.73. The lowest BCUT2D eigenvalue weighted by Crippen LogP contribution is -2.38. The lowest BCUT2D eigenvalue weighted by atomic mass is 10.1. The monoisotopic (exact) mass is 260 g/mol. The Morgan fingerprint density at radius 2 is 1.95 bits per heavy atom. The molecule has 1 aliphatic heterocycles. The summed E-state index contributed by atoms with van der Waals surface area (Å²) in [5, 5.41) is 10.7. The fourth-order valence-corrected chi connectivity index (χ4v) is 2.73. The molecule has 1 fully saturated rings. The van der Waals surface area contributed by atoms with Gasteiger partial charge in [-0.2, -0.15) is 0 Å². The van der Waals surface area contributed by atoms with Gasteiger partial charge in [-0.25, -0.2) is 0 Å². The van der Waals surface area contributed by atoms with Crippen LogP contribution in [0.5, 0.6) is 0 Å². The van der Waals surface area contributed by atoms with Crippen molar-refractivity contribution in [1.29, 1.82) is 0 Å². The largest absolute Gasteiger partial charge is 0.392 e. The molecule has 0 spiro atoms. The lowest BCUT2D eigenvalue weighted by molar-refractivity contribution is 0.0365. The first-order valence-electron chi connectivity index (χ1n) is 6.86. The summed E-state index contributed by atoms with van der Waals surface area (Å²) < 4.78 is 7.61. The highest BCUT2D eigenvalue weighted by Crippen LogP contribution is 2.20. The molecule has 0 saturated carbocycles. The average molecular weight is 260 g/mol. The quantitative estimate of drug-likeness (QED) is 0.904. The molecule has 1 N–H and O–H groups in total. The van der Waals surface area contributed by atoms with Gasteiger partial charge in [-0.15, -0.1) is 0 Å². The van der Waals surface area contributed by atoms with E-state index in [0.29, 0.717) is 0 Å². The van der Waals surface area contributed by atoms with Crippen molar-refractivity contribution in [3.05, 3.63) is 36.0 Å². The minimum atomic E-state index is 0.0961. The number of hydrogen-bond donors (Lipinski definition) is 1. The summed E-state index contributed by atoms with van der Waals surface area (Å²) in [6.45, 7) is 5.81. The Morgan fingerprint density at radius 1 is 1.11 bits per heavy atom. The van der Waals surface area contributed by atoms with Crippen LogP contribution in [0.25, 0.3) is 10.9 Å². The van der Waals surface area contributed by atoms with E-state index >= 15 is 0 Å². The van der Waals surface area contributed by atoms with Crippen LogP contribution in [0, 0.1) is 0 Å². The van der Waals surface area contributed by atoms with Crippen LogP contribution in [-0.4, -0.2) is 47.4 Å². The van der Waals surface area contributed by atoms with Gasteiger partial charge in [-0.05, 0) is 11.5 Å². The van der Waals surface area contributed by atoms with Gasteiger partial charge < -0.3 is 14.4 Å². The summed E-state index contributed by atoms with van der Waals surface area (Å²) in [5.74, 6) is 0. The maximum absolute atomic E-state index is 9.46. The molecule has 1 aromatic heterocycles. The summed E-state index contributed by atoms with van der Waals surface area (Å²) in [4.78, 5) is 2.43. The molecule has 3 rings (SSSR count). The van der Waals surface area contributed by atoms with Crippen LogP contribution < -0.4 is 0 Å². The molecule has 0 atom stereocenters. The predicted octanol–water partition coefficient (Wildman–Crippen LogP) is 1.47. The number of benzene rings is 1. The highest BCUT2D eigenvalue weighted by atomic mass is 16.5. The Kier molecular flexibility index (Phi) is 3.82. The second-order valence-corrected chi connectivity index (χ2v) is 4.98. The SMILES string of the molecule is OCc1cccc2ccn(CCN3CCOCC3)c12. The van der Waals surface area contributed by atoms with E-state index < -0.39 is 0 Å². The normalized spacial score (nSPS) is 17.1. The molecule has 19 heavy (non-hydrogen) atoms. The van der Waals surface area contributed by atoms with E-state index in [1.54, 1.807) is 0 Å². The van der Waals surface area contributed by atoms with E-state index in [1.807, 2.05) is 12.1 Å². The van der Waals surface area contributed by atoms with E-state index in [1.165, 1.54) is 10.9 Å². The third-order valence-electron chi connectivity index (χ3n) is 3.80. The summed E-state index contributed by atoms with van der Waals surface area (Å²) in [6.07, 6.45) is 2.12. The van der Waals surface area contributed by atoms with Crippen LogP contribution in [0.15, 0.2) is 30.5 Å². The zero-order valence-corrected chi connectivity index (χ0v) is 11.1. The van der Waals surface area contributed by atoms with Crippen molar-refractivity contribution in [1.82, 2.24) is 9.47 Å². The Labute approximate surface area is 113 Å². The minimum absolute atomic E-state index is 0.0961. The van der Waals surface area contributed by atoms with E-state index in [2.05, 4.69) is 27.8 Å².